The van der Waals surface area contributed by atoms with E-state index in [2.05, 4.69) is 11.8 Å². The Morgan fingerprint density at radius 2 is 1.84 bits per heavy atom. The van der Waals surface area contributed by atoms with Crippen molar-refractivity contribution < 1.29 is 13.9 Å². The third kappa shape index (κ3) is 1.89. The van der Waals surface area contributed by atoms with Gasteiger partial charge in [-0.2, -0.15) is 8.78 Å². The Morgan fingerprint density at radius 1 is 1.11 bits per heavy atom. The topological polar surface area (TPSA) is 20.2 Å². The van der Waals surface area contributed by atoms with Crippen LogP contribution in [-0.2, 0) is 5.92 Å². The maximum Gasteiger partial charge on any atom is 0.303 e. The quantitative estimate of drug-likeness (QED) is 0.709. The first-order valence-corrected chi connectivity index (χ1v) is 6.18. The van der Waals surface area contributed by atoms with Crippen LogP contribution in [0.3, 0.4) is 0 Å². The molecule has 2 aliphatic carbocycles. The summed E-state index contributed by atoms with van der Waals surface area (Å²) >= 11 is 0. The molecule has 0 saturated heterocycles. The zero-order chi connectivity index (χ0) is 13.5. The van der Waals surface area contributed by atoms with Gasteiger partial charge in [0.1, 0.15) is 6.10 Å². The molecule has 1 atom stereocenters. The van der Waals surface area contributed by atoms with E-state index < -0.39 is 12.0 Å². The molecule has 1 aromatic carbocycles. The Labute approximate surface area is 110 Å². The number of hydrogen-bond donors (Lipinski definition) is 1. The third-order valence-electron chi connectivity index (χ3n) is 3.45. The van der Waals surface area contributed by atoms with Crippen molar-refractivity contribution in [1.29, 1.82) is 0 Å². The van der Waals surface area contributed by atoms with E-state index in [1.54, 1.807) is 18.2 Å². The number of allylic oxidation sites excluding steroid dienone is 2. The summed E-state index contributed by atoms with van der Waals surface area (Å²) in [4.78, 5) is 0. The lowest BCUT2D eigenvalue weighted by Crippen LogP contribution is -2.35. The van der Waals surface area contributed by atoms with Crippen molar-refractivity contribution in [2.45, 2.75) is 24.9 Å². The lowest BCUT2D eigenvalue weighted by atomic mass is 9.85. The minimum Gasteiger partial charge on any atom is -0.382 e. The second-order valence-corrected chi connectivity index (χ2v) is 4.68. The van der Waals surface area contributed by atoms with Crippen molar-refractivity contribution in [3.8, 4) is 11.8 Å². The average Bonchev–Trinajstić information content (AvgIpc) is 2.44. The van der Waals surface area contributed by atoms with Crippen LogP contribution in [0.5, 0.6) is 0 Å². The first-order valence-electron chi connectivity index (χ1n) is 6.18. The average molecular weight is 258 g/mol. The molecule has 3 heteroatoms. The number of fused-ring (bicyclic) bond motifs is 2. The van der Waals surface area contributed by atoms with E-state index in [0.717, 1.165) is 6.42 Å². The first kappa shape index (κ1) is 12.1. The fraction of sp³-hybridized carbons (Fsp3) is 0.250. The summed E-state index contributed by atoms with van der Waals surface area (Å²) in [5.41, 5.74) is 0.837. The van der Waals surface area contributed by atoms with E-state index >= 15 is 0 Å². The maximum atomic E-state index is 14.4. The molecule has 0 aliphatic heterocycles. The van der Waals surface area contributed by atoms with E-state index in [4.69, 9.17) is 0 Å². The van der Waals surface area contributed by atoms with Gasteiger partial charge in [-0.25, -0.2) is 0 Å². The minimum absolute atomic E-state index is 0.208. The van der Waals surface area contributed by atoms with Gasteiger partial charge in [0.2, 0.25) is 0 Å². The Kier molecular flexibility index (Phi) is 2.76. The molecule has 2 aliphatic rings. The van der Waals surface area contributed by atoms with Crippen LogP contribution in [0.15, 0.2) is 47.6 Å². The Balaban J connectivity index is 2.26. The predicted octanol–water partition coefficient (Wildman–Crippen LogP) is 3.15. The first-order chi connectivity index (χ1) is 9.10. The molecule has 1 nitrogen and oxygen atoms in total. The summed E-state index contributed by atoms with van der Waals surface area (Å²) in [6.07, 6.45) is 3.07. The molecule has 0 spiro atoms. The molecule has 96 valence electrons. The fourth-order valence-electron chi connectivity index (χ4n) is 2.44. The molecule has 0 bridgehead atoms. The van der Waals surface area contributed by atoms with Crippen LogP contribution in [-0.4, -0.2) is 11.2 Å². The second-order valence-electron chi connectivity index (χ2n) is 4.68. The van der Waals surface area contributed by atoms with Gasteiger partial charge in [0.25, 0.3) is 0 Å². The summed E-state index contributed by atoms with van der Waals surface area (Å²) in [6, 6.07) is 6.09. The van der Waals surface area contributed by atoms with E-state index in [1.165, 1.54) is 12.1 Å². The van der Waals surface area contributed by atoms with Crippen molar-refractivity contribution in [2.24, 2.45) is 0 Å². The largest absolute Gasteiger partial charge is 0.382 e. The number of alkyl halides is 2. The molecular formula is C16H12F2O. The van der Waals surface area contributed by atoms with E-state index in [-0.39, 0.29) is 16.7 Å². The lowest BCUT2D eigenvalue weighted by Gasteiger charge is -2.28. The van der Waals surface area contributed by atoms with Crippen molar-refractivity contribution >= 4 is 0 Å². The van der Waals surface area contributed by atoms with Crippen LogP contribution in [0.25, 0.3) is 0 Å². The molecule has 1 unspecified atom stereocenters. The highest BCUT2D eigenvalue weighted by Crippen LogP contribution is 2.40. The maximum absolute atomic E-state index is 14.4. The molecule has 0 heterocycles. The SMILES string of the molecule is OC1C2=CCCC=C2C#Cc2ccccc2C1(F)F. The molecular weight excluding hydrogens is 246 g/mol. The zero-order valence-electron chi connectivity index (χ0n) is 10.2. The van der Waals surface area contributed by atoms with Crippen LogP contribution in [0.4, 0.5) is 8.78 Å². The highest BCUT2D eigenvalue weighted by molar-refractivity contribution is 5.57. The van der Waals surface area contributed by atoms with Crippen LogP contribution in [0, 0.1) is 11.8 Å². The van der Waals surface area contributed by atoms with E-state index in [1.807, 2.05) is 6.08 Å². The smallest absolute Gasteiger partial charge is 0.303 e. The fourth-order valence-corrected chi connectivity index (χ4v) is 2.44. The molecule has 0 aromatic heterocycles. The van der Waals surface area contributed by atoms with Gasteiger partial charge in [-0.3, -0.25) is 0 Å². The predicted molar refractivity (Wildman–Crippen MR) is 68.6 cm³/mol. The van der Waals surface area contributed by atoms with Gasteiger partial charge in [0.15, 0.2) is 0 Å². The third-order valence-corrected chi connectivity index (χ3v) is 3.45. The van der Waals surface area contributed by atoms with Gasteiger partial charge in [0, 0.05) is 16.7 Å². The molecule has 0 radical (unpaired) electrons. The summed E-state index contributed by atoms with van der Waals surface area (Å²) in [5, 5.41) is 10.1. The van der Waals surface area contributed by atoms with Gasteiger partial charge in [-0.1, -0.05) is 42.2 Å². The van der Waals surface area contributed by atoms with Crippen LogP contribution < -0.4 is 0 Å². The molecule has 0 amide bonds. The van der Waals surface area contributed by atoms with Crippen molar-refractivity contribution in [3.63, 3.8) is 0 Å². The van der Waals surface area contributed by atoms with Gasteiger partial charge in [0.05, 0.1) is 0 Å². The molecule has 1 N–H and O–H groups in total. The normalized spacial score (nSPS) is 23.6. The standard InChI is InChI=1S/C16H12F2O/c17-16(18)14-8-4-2-6-12(14)10-9-11-5-1-3-7-13(11)15(16)19/h2,4-8,15,19H,1,3H2. The summed E-state index contributed by atoms with van der Waals surface area (Å²) in [6.45, 7) is 0. The number of rotatable bonds is 0. The molecule has 3 rings (SSSR count). The Hall–Kier alpha value is -1.92. The van der Waals surface area contributed by atoms with Gasteiger partial charge < -0.3 is 5.11 Å². The number of halogens is 2. The van der Waals surface area contributed by atoms with Crippen LogP contribution >= 0.6 is 0 Å². The van der Waals surface area contributed by atoms with Crippen LogP contribution in [0.2, 0.25) is 0 Å². The molecule has 0 fully saturated rings. The highest BCUT2D eigenvalue weighted by Gasteiger charge is 2.45. The monoisotopic (exact) mass is 258 g/mol. The number of aliphatic hydroxyl groups excluding tert-OH is 1. The van der Waals surface area contributed by atoms with Crippen molar-refractivity contribution in [3.05, 3.63) is 58.7 Å². The zero-order valence-corrected chi connectivity index (χ0v) is 10.2. The van der Waals surface area contributed by atoms with Crippen molar-refractivity contribution in [1.82, 2.24) is 0 Å². The highest BCUT2D eigenvalue weighted by atomic mass is 19.3. The number of aliphatic hydroxyl groups is 1. The second kappa shape index (κ2) is 4.32. The summed E-state index contributed by atoms with van der Waals surface area (Å²) in [7, 11) is 0. The van der Waals surface area contributed by atoms with E-state index in [0.29, 0.717) is 12.0 Å². The Morgan fingerprint density at radius 3 is 2.68 bits per heavy atom. The van der Waals surface area contributed by atoms with E-state index in [9.17, 15) is 13.9 Å². The van der Waals surface area contributed by atoms with Gasteiger partial charge in [-0.15, -0.1) is 0 Å². The van der Waals surface area contributed by atoms with Crippen LogP contribution in [0.1, 0.15) is 24.0 Å². The summed E-state index contributed by atoms with van der Waals surface area (Å²) in [5.74, 6) is 2.36. The van der Waals surface area contributed by atoms with Gasteiger partial charge in [-0.05, 0) is 24.5 Å². The minimum atomic E-state index is -3.33. The number of hydrogen-bond acceptors (Lipinski definition) is 1. The number of benzene rings is 1. The molecule has 19 heavy (non-hydrogen) atoms. The molecule has 0 saturated carbocycles. The van der Waals surface area contributed by atoms with Gasteiger partial charge >= 0.3 is 5.92 Å². The Bertz CT molecular complexity index is 644. The summed E-state index contributed by atoms with van der Waals surface area (Å²) < 4.78 is 28.8. The molecule has 1 aromatic rings. The van der Waals surface area contributed by atoms with Crippen molar-refractivity contribution in [2.75, 3.05) is 0 Å². The lowest BCUT2D eigenvalue weighted by molar-refractivity contribution is -0.0970.